The minimum absolute atomic E-state index is 0.00470. The molecule has 0 bridgehead atoms. The van der Waals surface area contributed by atoms with Gasteiger partial charge in [-0.3, -0.25) is 58.8 Å². The molecule has 10 amide bonds. The Labute approximate surface area is 529 Å². The van der Waals surface area contributed by atoms with E-state index in [9.17, 15) is 48.3 Å². The number of phenols is 1. The van der Waals surface area contributed by atoms with Crippen LogP contribution in [0.15, 0.2) is 97.1 Å². The highest BCUT2D eigenvalue weighted by molar-refractivity contribution is 5.99. The quantitative estimate of drug-likeness (QED) is 0.0145. The molecule has 21 N–H and O–H groups in total. The van der Waals surface area contributed by atoms with E-state index >= 15 is 4.79 Å². The average Bonchev–Trinajstić information content (AvgIpc) is 1.08. The highest BCUT2D eigenvalue weighted by atomic mass is 16.3. The van der Waals surface area contributed by atoms with E-state index in [1.807, 2.05) is 56.3 Å². The first-order valence-corrected chi connectivity index (χ1v) is 30.4. The van der Waals surface area contributed by atoms with Crippen molar-refractivity contribution in [2.24, 2.45) is 34.8 Å². The van der Waals surface area contributed by atoms with Crippen molar-refractivity contribution in [3.63, 3.8) is 0 Å². The number of nitrogens with one attached hydrogen (secondary N) is 12. The normalized spacial score (nSPS) is 14.9. The van der Waals surface area contributed by atoms with Crippen LogP contribution < -0.4 is 76.1 Å². The van der Waals surface area contributed by atoms with E-state index in [4.69, 9.17) is 33.8 Å². The van der Waals surface area contributed by atoms with Crippen molar-refractivity contribution in [3.05, 3.63) is 114 Å². The van der Waals surface area contributed by atoms with Crippen LogP contribution in [-0.2, 0) is 67.2 Å². The Morgan fingerprint density at radius 2 is 0.989 bits per heavy atom. The van der Waals surface area contributed by atoms with Gasteiger partial charge in [-0.15, -0.1) is 0 Å². The fraction of sp³-hybridized carbons (Fsp3) is 0.460. The van der Waals surface area contributed by atoms with Crippen LogP contribution in [0.5, 0.6) is 5.75 Å². The zero-order chi connectivity index (χ0) is 66.7. The minimum Gasteiger partial charge on any atom is -0.508 e. The van der Waals surface area contributed by atoms with Gasteiger partial charge in [0.15, 0.2) is 11.9 Å². The van der Waals surface area contributed by atoms with Crippen LogP contribution in [0, 0.1) is 22.7 Å². The second-order valence-electron chi connectivity index (χ2n) is 23.2. The number of phenolic OH excluding ortho intramolecular Hbond substituents is 1. The van der Waals surface area contributed by atoms with E-state index in [2.05, 4.69) is 53.2 Å². The Morgan fingerprint density at radius 3 is 1.54 bits per heavy atom. The molecule has 4 aromatic carbocycles. The topological polar surface area (TPSA) is 466 Å². The number of carbonyl (C=O) groups is 10. The second-order valence-corrected chi connectivity index (χ2v) is 23.2. The van der Waals surface area contributed by atoms with Crippen LogP contribution in [0.4, 0.5) is 0 Å². The predicted octanol–water partition coefficient (Wildman–Crippen LogP) is -1.25. The molecule has 8 atom stereocenters. The Hall–Kier alpha value is -9.86. The first-order chi connectivity index (χ1) is 43.3. The zero-order valence-electron chi connectivity index (χ0n) is 51.9. The van der Waals surface area contributed by atoms with Gasteiger partial charge in [0, 0.05) is 45.3 Å². The van der Waals surface area contributed by atoms with Crippen LogP contribution in [0.3, 0.4) is 0 Å². The number of benzene rings is 4. The summed E-state index contributed by atoms with van der Waals surface area (Å²) in [6.07, 6.45) is 0.482. The van der Waals surface area contributed by atoms with Crippen LogP contribution in [0.2, 0.25) is 0 Å². The van der Waals surface area contributed by atoms with Gasteiger partial charge >= 0.3 is 0 Å². The molecule has 1 saturated heterocycles. The summed E-state index contributed by atoms with van der Waals surface area (Å²) < 4.78 is 0. The van der Waals surface area contributed by atoms with Gasteiger partial charge in [0.25, 0.3) is 0 Å². The number of rotatable bonds is 35. The predicted molar refractivity (Wildman–Crippen MR) is 342 cm³/mol. The lowest BCUT2D eigenvalue weighted by Crippen LogP contribution is -2.61. The molecule has 28 heteroatoms. The van der Waals surface area contributed by atoms with E-state index in [0.29, 0.717) is 42.6 Å². The number of carbonyl (C=O) groups excluding carboxylic acids is 10. The van der Waals surface area contributed by atoms with Crippen molar-refractivity contribution in [2.45, 2.75) is 140 Å². The molecule has 1 fully saturated rings. The van der Waals surface area contributed by atoms with E-state index in [1.165, 1.54) is 26.1 Å². The molecule has 5 rings (SSSR count). The third-order valence-electron chi connectivity index (χ3n) is 15.5. The number of guanidine groups is 2. The number of piperidine rings is 1. The maximum Gasteiger partial charge on any atom is 0.245 e. The molecular formula is C63H89N17O11. The zero-order valence-corrected chi connectivity index (χ0v) is 51.9. The van der Waals surface area contributed by atoms with Crippen molar-refractivity contribution in [1.82, 2.24) is 58.1 Å². The molecule has 0 saturated carbocycles. The summed E-state index contributed by atoms with van der Waals surface area (Å²) >= 11 is 0. The summed E-state index contributed by atoms with van der Waals surface area (Å²) in [5.74, 6) is -9.24. The molecule has 0 radical (unpaired) electrons. The van der Waals surface area contributed by atoms with E-state index in [0.717, 1.165) is 15.7 Å². The first kappa shape index (κ1) is 71.9. The number of nitrogens with zero attached hydrogens (tertiary/aromatic N) is 1. The van der Waals surface area contributed by atoms with Crippen molar-refractivity contribution >= 4 is 81.8 Å². The number of hydrogen-bond acceptors (Lipinski definition) is 14. The first-order valence-electron chi connectivity index (χ1n) is 30.4. The summed E-state index contributed by atoms with van der Waals surface area (Å²) in [5, 5.41) is 54.7. The summed E-state index contributed by atoms with van der Waals surface area (Å²) in [4.78, 5) is 140. The van der Waals surface area contributed by atoms with Gasteiger partial charge in [0.1, 0.15) is 54.1 Å². The van der Waals surface area contributed by atoms with Gasteiger partial charge in [-0.05, 0) is 110 Å². The fourth-order valence-corrected chi connectivity index (χ4v) is 10.3. The molecule has 1 aliphatic rings. The lowest BCUT2D eigenvalue weighted by atomic mass is 9.95. The van der Waals surface area contributed by atoms with Crippen molar-refractivity contribution in [2.75, 3.05) is 33.2 Å². The van der Waals surface area contributed by atoms with E-state index in [1.54, 1.807) is 42.5 Å². The van der Waals surface area contributed by atoms with E-state index in [-0.39, 0.29) is 99.9 Å². The third-order valence-corrected chi connectivity index (χ3v) is 15.5. The third kappa shape index (κ3) is 24.2. The van der Waals surface area contributed by atoms with Gasteiger partial charge in [0.05, 0.1) is 6.42 Å². The van der Waals surface area contributed by atoms with Gasteiger partial charge in [-0.25, -0.2) is 0 Å². The van der Waals surface area contributed by atoms with Gasteiger partial charge in [-0.1, -0.05) is 98.8 Å². The van der Waals surface area contributed by atoms with Crippen LogP contribution in [0.25, 0.3) is 10.8 Å². The lowest BCUT2D eigenvalue weighted by molar-refractivity contribution is -0.142. The Kier molecular flexibility index (Phi) is 28.4. The molecular weight excluding hydrogens is 1170 g/mol. The summed E-state index contributed by atoms with van der Waals surface area (Å²) in [5.41, 5.74) is 23.5. The second kappa shape index (κ2) is 36.0. The number of hydrogen-bond donors (Lipinski definition) is 17. The maximum atomic E-state index is 15.0. The Balaban J connectivity index is 1.43. The number of primary amides is 2. The molecule has 1 heterocycles. The molecule has 4 aromatic rings. The van der Waals surface area contributed by atoms with Crippen LogP contribution >= 0.6 is 0 Å². The molecule has 492 valence electrons. The van der Waals surface area contributed by atoms with Gasteiger partial charge in [-0.2, -0.15) is 0 Å². The number of likely N-dealkylation sites (N-methyl/N-ethyl adjacent to an activating group) is 1. The molecule has 0 spiro atoms. The monoisotopic (exact) mass is 1260 g/mol. The van der Waals surface area contributed by atoms with Gasteiger partial charge < -0.3 is 86.1 Å². The molecule has 0 aromatic heterocycles. The average molecular weight is 1260 g/mol. The molecule has 1 aliphatic heterocycles. The lowest BCUT2D eigenvalue weighted by Gasteiger charge is -2.31. The van der Waals surface area contributed by atoms with Crippen LogP contribution in [0.1, 0.15) is 88.8 Å². The van der Waals surface area contributed by atoms with E-state index < -0.39 is 108 Å². The van der Waals surface area contributed by atoms with Gasteiger partial charge in [0.2, 0.25) is 59.1 Å². The SMILES string of the molecule is CC(C)C[C@H](NC(=O)[C@H](Cc1ccc2ccccc2c1)NC(=O)[C@H](Cc1ccc(O)cc1)NC(=O)C1CCNCC1)C(=O)N[C@@H](Cc1ccccc1)C(=O)N[C@@H](CCCNC(=N)N)C(=O)N(C)[C@@H](C)C(=O)N[C@@H](CCCNC(=N)N)C(=O)N[C@@H](CC(N)=O)C(N)=O. The molecule has 0 aliphatic carbocycles. The molecule has 28 nitrogen and oxygen atoms in total. The summed E-state index contributed by atoms with van der Waals surface area (Å²) in [6, 6.07) is 17.2. The Morgan fingerprint density at radius 1 is 0.538 bits per heavy atom. The smallest absolute Gasteiger partial charge is 0.245 e. The number of fused-ring (bicyclic) bond motifs is 1. The number of aromatic hydroxyl groups is 1. The summed E-state index contributed by atoms with van der Waals surface area (Å²) in [6.45, 7) is 6.45. The standard InChI is InChI=1S/C63H89N17O11/c1-36(2)30-48(77-60(90)51(34-40-18-21-41-14-8-9-15-43(41)31-40)79-59(89)49(33-39-19-22-44(81)23-20-39)76-55(85)42-24-28-70-29-25-42)57(87)78-50(32-38-12-6-5-7-13-38)58(88)74-46(17-11-27-72-63(68)69)61(91)80(4)37(3)54(84)73-45(16-10-26-71-62(66)67)56(86)75-47(53(65)83)35-52(64)82/h5-9,12-15,18-23,31,36-37,42,45-51,70,81H,10-11,16-17,24-30,32-35H2,1-4H3,(H2,64,82)(H2,65,83)(H,73,84)(H,74,88)(H,75,86)(H,76,85)(H,77,90)(H,78,87)(H,79,89)(H4,66,67,71)(H4,68,69,72)/t37-,45-,46-,47-,48-,49-,50-,51-/m0/s1. The summed E-state index contributed by atoms with van der Waals surface area (Å²) in [7, 11) is 1.29. The largest absolute Gasteiger partial charge is 0.508 e. The maximum absolute atomic E-state index is 15.0. The minimum atomic E-state index is -1.52. The van der Waals surface area contributed by atoms with Crippen molar-refractivity contribution in [3.8, 4) is 5.75 Å². The molecule has 91 heavy (non-hydrogen) atoms. The van der Waals surface area contributed by atoms with Crippen LogP contribution in [-0.4, -0.2) is 163 Å². The van der Waals surface area contributed by atoms with Crippen molar-refractivity contribution in [1.29, 1.82) is 10.8 Å². The van der Waals surface area contributed by atoms with Crippen molar-refractivity contribution < 1.29 is 53.1 Å². The number of amides is 10. The number of nitrogens with two attached hydrogens (primary N) is 4. The Bertz CT molecular complexity index is 3180. The fourth-order valence-electron chi connectivity index (χ4n) is 10.3. The molecule has 0 unspecified atom stereocenters. The highest BCUT2D eigenvalue weighted by Gasteiger charge is 2.37. The highest BCUT2D eigenvalue weighted by Crippen LogP contribution is 2.20.